The molecule has 0 spiro atoms. The Morgan fingerprint density at radius 1 is 0.947 bits per heavy atom. The standard InChI is InChI=1S/C30H48N4O4/c1-6-7-8-9-10-11-12-13-16-24-18-20-25(21-19-24)27-33-28(38-34-27)26(32-23(2)35)17-14-15-22-31-29(36)37-30(3,4)5/h18-21,26H,6-17,22H2,1-5H3,(H,31,36)(H,32,35)/t26-/m0/s1. The van der Waals surface area contributed by atoms with Gasteiger partial charge >= 0.3 is 6.09 Å². The Labute approximate surface area is 228 Å². The van der Waals surface area contributed by atoms with E-state index in [4.69, 9.17) is 9.26 Å². The van der Waals surface area contributed by atoms with Crippen molar-refractivity contribution in [2.24, 2.45) is 0 Å². The van der Waals surface area contributed by atoms with Crippen LogP contribution in [0.4, 0.5) is 4.79 Å². The fourth-order valence-electron chi connectivity index (χ4n) is 4.26. The third-order valence-electron chi connectivity index (χ3n) is 6.24. The number of hydrogen-bond acceptors (Lipinski definition) is 6. The minimum absolute atomic E-state index is 0.160. The SMILES string of the molecule is CCCCCCCCCCc1ccc(-c2noc([C@H](CCCCNC(=O)OC(C)(C)C)NC(C)=O)n2)cc1. The molecule has 2 N–H and O–H groups in total. The first-order valence-corrected chi connectivity index (χ1v) is 14.3. The summed E-state index contributed by atoms with van der Waals surface area (Å²) in [6, 6.07) is 7.96. The van der Waals surface area contributed by atoms with Gasteiger partial charge in [0.2, 0.25) is 17.6 Å². The molecule has 8 nitrogen and oxygen atoms in total. The second-order valence-corrected chi connectivity index (χ2v) is 11.1. The maximum absolute atomic E-state index is 11.8. The maximum atomic E-state index is 11.8. The van der Waals surface area contributed by atoms with Crippen LogP contribution in [-0.4, -0.2) is 34.3 Å². The molecule has 2 rings (SSSR count). The highest BCUT2D eigenvalue weighted by Crippen LogP contribution is 2.23. The molecule has 0 saturated heterocycles. The molecule has 0 fully saturated rings. The lowest BCUT2D eigenvalue weighted by Crippen LogP contribution is -2.33. The second kappa shape index (κ2) is 16.8. The first kappa shape index (κ1) is 31.3. The molecule has 1 aromatic heterocycles. The van der Waals surface area contributed by atoms with Crippen molar-refractivity contribution in [2.45, 2.75) is 123 Å². The molecular formula is C30H48N4O4. The summed E-state index contributed by atoms with van der Waals surface area (Å²) in [5, 5.41) is 9.80. The van der Waals surface area contributed by atoms with Crippen LogP contribution in [0.1, 0.15) is 123 Å². The molecule has 0 aliphatic heterocycles. The Morgan fingerprint density at radius 3 is 2.24 bits per heavy atom. The second-order valence-electron chi connectivity index (χ2n) is 11.1. The number of rotatable bonds is 17. The van der Waals surface area contributed by atoms with Crippen LogP contribution in [0.2, 0.25) is 0 Å². The van der Waals surface area contributed by atoms with E-state index in [0.717, 1.165) is 24.8 Å². The number of amides is 2. The van der Waals surface area contributed by atoms with E-state index in [2.05, 4.69) is 39.8 Å². The molecule has 2 amide bonds. The lowest BCUT2D eigenvalue weighted by Gasteiger charge is -2.19. The van der Waals surface area contributed by atoms with Gasteiger partial charge in [0.05, 0.1) is 0 Å². The third kappa shape index (κ3) is 13.1. The number of alkyl carbamates (subject to hydrolysis) is 1. The lowest BCUT2D eigenvalue weighted by molar-refractivity contribution is -0.119. The molecule has 2 aromatic rings. The fraction of sp³-hybridized carbons (Fsp3) is 0.667. The van der Waals surface area contributed by atoms with E-state index < -0.39 is 11.7 Å². The van der Waals surface area contributed by atoms with E-state index in [1.807, 2.05) is 32.9 Å². The van der Waals surface area contributed by atoms with Gasteiger partial charge in [0.15, 0.2) is 0 Å². The zero-order chi connectivity index (χ0) is 27.8. The highest BCUT2D eigenvalue weighted by molar-refractivity contribution is 5.73. The number of unbranched alkanes of at least 4 members (excludes halogenated alkanes) is 8. The molecule has 38 heavy (non-hydrogen) atoms. The van der Waals surface area contributed by atoms with Crippen LogP contribution in [0.15, 0.2) is 28.8 Å². The Balaban J connectivity index is 1.80. The van der Waals surface area contributed by atoms with Gasteiger partial charge < -0.3 is 19.9 Å². The summed E-state index contributed by atoms with van der Waals surface area (Å²) in [5.74, 6) is 0.742. The lowest BCUT2D eigenvalue weighted by atomic mass is 10.0. The molecule has 0 saturated carbocycles. The van der Waals surface area contributed by atoms with Gasteiger partial charge in [0, 0.05) is 19.0 Å². The first-order valence-electron chi connectivity index (χ1n) is 14.3. The van der Waals surface area contributed by atoms with Gasteiger partial charge in [-0.2, -0.15) is 4.98 Å². The van der Waals surface area contributed by atoms with E-state index in [1.165, 1.54) is 63.9 Å². The minimum Gasteiger partial charge on any atom is -0.444 e. The third-order valence-corrected chi connectivity index (χ3v) is 6.24. The minimum atomic E-state index is -0.524. The van der Waals surface area contributed by atoms with E-state index in [0.29, 0.717) is 24.7 Å². The molecule has 8 heteroatoms. The first-order chi connectivity index (χ1) is 18.2. The highest BCUT2D eigenvalue weighted by atomic mass is 16.6. The molecule has 0 aliphatic carbocycles. The summed E-state index contributed by atoms with van der Waals surface area (Å²) < 4.78 is 10.8. The van der Waals surface area contributed by atoms with Crippen LogP contribution in [0, 0.1) is 0 Å². The number of benzene rings is 1. The van der Waals surface area contributed by atoms with Gasteiger partial charge in [-0.15, -0.1) is 0 Å². The smallest absolute Gasteiger partial charge is 0.407 e. The van der Waals surface area contributed by atoms with Crippen LogP contribution in [-0.2, 0) is 16.0 Å². The molecule has 0 radical (unpaired) electrons. The Bertz CT molecular complexity index is 950. The Kier molecular flexibility index (Phi) is 13.9. The van der Waals surface area contributed by atoms with Gasteiger partial charge in [-0.05, 0) is 58.4 Å². The average Bonchev–Trinajstić information content (AvgIpc) is 3.34. The highest BCUT2D eigenvalue weighted by Gasteiger charge is 2.21. The number of nitrogens with one attached hydrogen (secondary N) is 2. The number of ether oxygens (including phenoxy) is 1. The molecule has 1 aromatic carbocycles. The molecule has 1 heterocycles. The number of nitrogens with zero attached hydrogens (tertiary/aromatic N) is 2. The van der Waals surface area contributed by atoms with Crippen molar-refractivity contribution in [1.29, 1.82) is 0 Å². The van der Waals surface area contributed by atoms with E-state index >= 15 is 0 Å². The number of carbonyl (C=O) groups excluding carboxylic acids is 2. The van der Waals surface area contributed by atoms with Crippen molar-refractivity contribution in [1.82, 2.24) is 20.8 Å². The normalized spacial score (nSPS) is 12.2. The summed E-state index contributed by atoms with van der Waals surface area (Å²) in [7, 11) is 0. The average molecular weight is 529 g/mol. The van der Waals surface area contributed by atoms with E-state index in [1.54, 1.807) is 0 Å². The maximum Gasteiger partial charge on any atom is 0.407 e. The van der Waals surface area contributed by atoms with Crippen LogP contribution in [0.5, 0.6) is 0 Å². The molecular weight excluding hydrogens is 480 g/mol. The molecule has 0 aliphatic rings. The zero-order valence-electron chi connectivity index (χ0n) is 24.1. The van der Waals surface area contributed by atoms with Crippen molar-refractivity contribution in [3.63, 3.8) is 0 Å². The number of hydrogen-bond donors (Lipinski definition) is 2. The van der Waals surface area contributed by atoms with Crippen LogP contribution >= 0.6 is 0 Å². The number of carbonyl (C=O) groups is 2. The summed E-state index contributed by atoms with van der Waals surface area (Å²) >= 11 is 0. The van der Waals surface area contributed by atoms with Gasteiger partial charge in [-0.1, -0.05) is 81.3 Å². The topological polar surface area (TPSA) is 106 Å². The summed E-state index contributed by atoms with van der Waals surface area (Å²) in [6.45, 7) is 9.70. The quantitative estimate of drug-likeness (QED) is 0.209. The van der Waals surface area contributed by atoms with Crippen LogP contribution < -0.4 is 10.6 Å². The van der Waals surface area contributed by atoms with Gasteiger partial charge in [0.25, 0.3) is 0 Å². The van der Waals surface area contributed by atoms with Crippen molar-refractivity contribution in [3.8, 4) is 11.4 Å². The molecule has 0 bridgehead atoms. The summed E-state index contributed by atoms with van der Waals surface area (Å²) in [6.07, 6.45) is 13.3. The van der Waals surface area contributed by atoms with Gasteiger partial charge in [-0.3, -0.25) is 4.79 Å². The predicted octanol–water partition coefficient (Wildman–Crippen LogP) is 7.29. The monoisotopic (exact) mass is 528 g/mol. The van der Waals surface area contributed by atoms with Gasteiger partial charge in [0.1, 0.15) is 11.6 Å². The largest absolute Gasteiger partial charge is 0.444 e. The molecule has 0 unspecified atom stereocenters. The predicted molar refractivity (Wildman–Crippen MR) is 151 cm³/mol. The fourth-order valence-corrected chi connectivity index (χ4v) is 4.26. The molecule has 1 atom stereocenters. The number of aromatic nitrogens is 2. The van der Waals surface area contributed by atoms with Crippen LogP contribution in [0.3, 0.4) is 0 Å². The zero-order valence-corrected chi connectivity index (χ0v) is 24.1. The molecule has 212 valence electrons. The van der Waals surface area contributed by atoms with Gasteiger partial charge in [-0.25, -0.2) is 4.79 Å². The van der Waals surface area contributed by atoms with Crippen molar-refractivity contribution in [3.05, 3.63) is 35.7 Å². The van der Waals surface area contributed by atoms with Crippen LogP contribution in [0.25, 0.3) is 11.4 Å². The van der Waals surface area contributed by atoms with E-state index in [-0.39, 0.29) is 11.9 Å². The van der Waals surface area contributed by atoms with Crippen molar-refractivity contribution in [2.75, 3.05) is 6.54 Å². The Hall–Kier alpha value is -2.90. The van der Waals surface area contributed by atoms with Crippen molar-refractivity contribution < 1.29 is 18.8 Å². The van der Waals surface area contributed by atoms with E-state index in [9.17, 15) is 9.59 Å². The summed E-state index contributed by atoms with van der Waals surface area (Å²) in [4.78, 5) is 28.1. The van der Waals surface area contributed by atoms with Crippen molar-refractivity contribution >= 4 is 12.0 Å². The number of aryl methyl sites for hydroxylation is 1. The summed E-state index contributed by atoms with van der Waals surface area (Å²) in [5.41, 5.74) is 1.69. The Morgan fingerprint density at radius 2 is 1.61 bits per heavy atom.